The number of benzene rings is 2. The van der Waals surface area contributed by atoms with Crippen LogP contribution in [0.4, 0.5) is 14.9 Å². The number of halogens is 1. The number of hydrogen-bond donors (Lipinski definition) is 2. The third kappa shape index (κ3) is 5.06. The number of carbonyl (C=O) groups excluding carboxylic acids is 3. The van der Waals surface area contributed by atoms with Crippen LogP contribution < -0.4 is 19.7 Å². The highest BCUT2D eigenvalue weighted by Gasteiger charge is 2.36. The van der Waals surface area contributed by atoms with E-state index in [4.69, 9.17) is 14.6 Å². The molecule has 2 aromatic rings. The normalized spacial score (nSPS) is 14.8. The van der Waals surface area contributed by atoms with Crippen LogP contribution in [-0.2, 0) is 20.8 Å². The van der Waals surface area contributed by atoms with Crippen LogP contribution >= 0.6 is 0 Å². The van der Waals surface area contributed by atoms with Crippen molar-refractivity contribution in [2.45, 2.75) is 6.42 Å². The molecule has 1 aliphatic rings. The van der Waals surface area contributed by atoms with Crippen molar-refractivity contribution in [3.8, 4) is 11.5 Å². The van der Waals surface area contributed by atoms with E-state index in [1.807, 2.05) is 0 Å². The number of urea groups is 1. The summed E-state index contributed by atoms with van der Waals surface area (Å²) in [4.78, 5) is 49.3. The van der Waals surface area contributed by atoms with Crippen LogP contribution in [-0.4, -0.2) is 42.6 Å². The minimum Gasteiger partial charge on any atom is -0.493 e. The predicted molar refractivity (Wildman–Crippen MR) is 115 cm³/mol. The molecule has 10 heteroatoms. The lowest BCUT2D eigenvalue weighted by molar-refractivity contribution is -0.139. The number of anilines is 1. The number of nitrogens with one attached hydrogen (secondary N) is 1. The zero-order valence-electron chi connectivity index (χ0n) is 17.5. The Morgan fingerprint density at radius 2 is 1.91 bits per heavy atom. The molecule has 0 bridgehead atoms. The van der Waals surface area contributed by atoms with Gasteiger partial charge in [0.25, 0.3) is 11.8 Å². The Hall–Kier alpha value is -4.47. The van der Waals surface area contributed by atoms with Crippen LogP contribution in [0.25, 0.3) is 6.08 Å². The Bertz CT molecular complexity index is 1170. The molecule has 1 fully saturated rings. The molecule has 0 saturated carbocycles. The van der Waals surface area contributed by atoms with Crippen molar-refractivity contribution in [2.24, 2.45) is 0 Å². The molecule has 0 atom stereocenters. The van der Waals surface area contributed by atoms with Crippen molar-refractivity contribution in [1.82, 2.24) is 5.32 Å². The van der Waals surface area contributed by atoms with E-state index in [0.29, 0.717) is 11.1 Å². The van der Waals surface area contributed by atoms with Gasteiger partial charge < -0.3 is 14.6 Å². The molecule has 0 aliphatic carbocycles. The summed E-state index contributed by atoms with van der Waals surface area (Å²) in [5.41, 5.74) is 0.607. The molecule has 0 radical (unpaired) electrons. The van der Waals surface area contributed by atoms with E-state index in [-0.39, 0.29) is 29.2 Å². The number of imide groups is 2. The summed E-state index contributed by atoms with van der Waals surface area (Å²) in [6.07, 6.45) is 3.10. The summed E-state index contributed by atoms with van der Waals surface area (Å²) in [7, 11) is 1.35. The van der Waals surface area contributed by atoms with Gasteiger partial charge in [0.1, 0.15) is 11.4 Å². The summed E-state index contributed by atoms with van der Waals surface area (Å²) in [5, 5.41) is 11.0. The lowest BCUT2D eigenvalue weighted by Gasteiger charge is -2.26. The molecule has 2 N–H and O–H groups in total. The summed E-state index contributed by atoms with van der Waals surface area (Å²) in [6.45, 7) is 3.06. The molecular formula is C23H19FN2O7. The first-order chi connectivity index (χ1) is 15.7. The van der Waals surface area contributed by atoms with E-state index < -0.39 is 36.2 Å². The smallest absolute Gasteiger partial charge is 0.341 e. The zero-order valence-corrected chi connectivity index (χ0v) is 17.5. The van der Waals surface area contributed by atoms with Crippen LogP contribution in [0.2, 0.25) is 0 Å². The van der Waals surface area contributed by atoms with Gasteiger partial charge in [0.15, 0.2) is 18.1 Å². The SMILES string of the molecule is C=CCc1cc(/C=C2\C(=O)NC(=O)N(c3ccc(F)cc3)C2=O)cc(OC)c1OCC(=O)O. The van der Waals surface area contributed by atoms with Gasteiger partial charge in [-0.3, -0.25) is 14.9 Å². The van der Waals surface area contributed by atoms with Crippen molar-refractivity contribution in [3.63, 3.8) is 0 Å². The quantitative estimate of drug-likeness (QED) is 0.357. The van der Waals surface area contributed by atoms with Gasteiger partial charge in [0.05, 0.1) is 12.8 Å². The number of hydrogen-bond acceptors (Lipinski definition) is 6. The number of carboxylic acids is 1. The molecule has 4 amide bonds. The van der Waals surface area contributed by atoms with E-state index in [2.05, 4.69) is 11.9 Å². The molecule has 9 nitrogen and oxygen atoms in total. The monoisotopic (exact) mass is 454 g/mol. The molecule has 1 heterocycles. The Balaban J connectivity index is 2.04. The summed E-state index contributed by atoms with van der Waals surface area (Å²) >= 11 is 0. The van der Waals surface area contributed by atoms with Crippen molar-refractivity contribution < 1.29 is 38.1 Å². The second-order valence-corrected chi connectivity index (χ2v) is 6.82. The number of methoxy groups -OCH3 is 1. The largest absolute Gasteiger partial charge is 0.493 e. The minimum atomic E-state index is -1.18. The van der Waals surface area contributed by atoms with Crippen LogP contribution in [0.1, 0.15) is 11.1 Å². The molecule has 0 spiro atoms. The number of rotatable bonds is 8. The molecule has 1 saturated heterocycles. The number of aliphatic carboxylic acids is 1. The highest BCUT2D eigenvalue weighted by molar-refractivity contribution is 6.39. The van der Waals surface area contributed by atoms with Gasteiger partial charge in [0.2, 0.25) is 0 Å². The van der Waals surface area contributed by atoms with Crippen LogP contribution in [0.3, 0.4) is 0 Å². The standard InChI is InChI=1S/C23H19FN2O7/c1-3-4-14-9-13(11-18(32-2)20(14)33-12-19(27)28)10-17-21(29)25-23(31)26(22(17)30)16-7-5-15(24)6-8-16/h3,5-11H,1,4,12H2,2H3,(H,27,28)(H,25,29,31)/b17-10+. The van der Waals surface area contributed by atoms with Gasteiger partial charge in [-0.1, -0.05) is 6.08 Å². The summed E-state index contributed by atoms with van der Waals surface area (Å²) in [5.74, 6) is -3.17. The first-order valence-electron chi connectivity index (χ1n) is 9.58. The third-order valence-electron chi connectivity index (χ3n) is 4.58. The van der Waals surface area contributed by atoms with E-state index >= 15 is 0 Å². The fourth-order valence-corrected chi connectivity index (χ4v) is 3.17. The number of carboxylic acid groups (broad SMARTS) is 1. The van der Waals surface area contributed by atoms with Crippen molar-refractivity contribution in [1.29, 1.82) is 0 Å². The Morgan fingerprint density at radius 3 is 2.52 bits per heavy atom. The third-order valence-corrected chi connectivity index (χ3v) is 4.58. The van der Waals surface area contributed by atoms with Gasteiger partial charge in [0, 0.05) is 5.56 Å². The van der Waals surface area contributed by atoms with Gasteiger partial charge >= 0.3 is 12.0 Å². The molecule has 33 heavy (non-hydrogen) atoms. The van der Waals surface area contributed by atoms with Gasteiger partial charge in [-0.2, -0.15) is 0 Å². The van der Waals surface area contributed by atoms with Crippen molar-refractivity contribution in [2.75, 3.05) is 18.6 Å². The molecule has 0 unspecified atom stereocenters. The summed E-state index contributed by atoms with van der Waals surface area (Å²) < 4.78 is 23.9. The number of carbonyl (C=O) groups is 4. The van der Waals surface area contributed by atoms with Gasteiger partial charge in [-0.05, 0) is 54.5 Å². The summed E-state index contributed by atoms with van der Waals surface area (Å²) in [6, 6.07) is 6.70. The molecule has 170 valence electrons. The Morgan fingerprint density at radius 1 is 1.21 bits per heavy atom. The number of barbiturate groups is 1. The first kappa shape index (κ1) is 23.2. The van der Waals surface area contributed by atoms with Crippen LogP contribution in [0, 0.1) is 5.82 Å². The minimum absolute atomic E-state index is 0.0830. The average molecular weight is 454 g/mol. The van der Waals surface area contributed by atoms with Gasteiger partial charge in [-0.25, -0.2) is 18.9 Å². The topological polar surface area (TPSA) is 122 Å². The number of nitrogens with zero attached hydrogens (tertiary/aromatic N) is 1. The maximum atomic E-state index is 13.2. The predicted octanol–water partition coefficient (Wildman–Crippen LogP) is 2.69. The Kier molecular flexibility index (Phi) is 6.87. The molecule has 0 aromatic heterocycles. The van der Waals surface area contributed by atoms with Crippen molar-refractivity contribution >= 4 is 35.6 Å². The Labute approximate surface area is 187 Å². The molecule has 3 rings (SSSR count). The highest BCUT2D eigenvalue weighted by atomic mass is 19.1. The number of ether oxygens (including phenoxy) is 2. The van der Waals surface area contributed by atoms with E-state index in [1.54, 1.807) is 12.1 Å². The maximum absolute atomic E-state index is 13.2. The van der Waals surface area contributed by atoms with Gasteiger partial charge in [-0.15, -0.1) is 6.58 Å². The van der Waals surface area contributed by atoms with E-state index in [0.717, 1.165) is 17.0 Å². The van der Waals surface area contributed by atoms with Crippen LogP contribution in [0.15, 0.2) is 54.6 Å². The molecule has 1 aliphatic heterocycles. The maximum Gasteiger partial charge on any atom is 0.341 e. The lowest BCUT2D eigenvalue weighted by Crippen LogP contribution is -2.54. The second-order valence-electron chi connectivity index (χ2n) is 6.82. The zero-order chi connectivity index (χ0) is 24.1. The average Bonchev–Trinajstić information content (AvgIpc) is 2.76. The van der Waals surface area contributed by atoms with E-state index in [1.165, 1.54) is 31.4 Å². The van der Waals surface area contributed by atoms with Crippen molar-refractivity contribution in [3.05, 3.63) is 71.6 Å². The highest BCUT2D eigenvalue weighted by Crippen LogP contribution is 2.35. The first-order valence-corrected chi connectivity index (χ1v) is 9.58. The fraction of sp³-hybridized carbons (Fsp3) is 0.130. The molecular weight excluding hydrogens is 435 g/mol. The fourth-order valence-electron chi connectivity index (χ4n) is 3.17. The lowest BCUT2D eigenvalue weighted by atomic mass is 10.0. The number of amides is 4. The molecule has 2 aromatic carbocycles. The van der Waals surface area contributed by atoms with Crippen LogP contribution in [0.5, 0.6) is 11.5 Å². The number of allylic oxidation sites excluding steroid dienone is 1. The second kappa shape index (κ2) is 9.77. The van der Waals surface area contributed by atoms with E-state index in [9.17, 15) is 23.6 Å².